The number of likely N-dealkylation sites (tertiary alicyclic amines) is 1. The van der Waals surface area contributed by atoms with Crippen LogP contribution in [0.1, 0.15) is 40.0 Å². The normalized spacial score (nSPS) is 23.5. The smallest absolute Gasteiger partial charge is 0.227 e. The van der Waals surface area contributed by atoms with E-state index in [1.54, 1.807) is 0 Å². The number of nitrogens with zero attached hydrogens (tertiary/aromatic N) is 1. The van der Waals surface area contributed by atoms with Crippen molar-refractivity contribution in [2.75, 3.05) is 13.1 Å². The minimum atomic E-state index is 0.0329. The van der Waals surface area contributed by atoms with Crippen molar-refractivity contribution in [3.05, 3.63) is 0 Å². The van der Waals surface area contributed by atoms with Gasteiger partial charge in [-0.1, -0.05) is 13.8 Å². The molecule has 0 aliphatic carbocycles. The van der Waals surface area contributed by atoms with Gasteiger partial charge in [0.1, 0.15) is 0 Å². The first-order valence-electron chi connectivity index (χ1n) is 6.06. The Morgan fingerprint density at radius 2 is 2.20 bits per heavy atom. The molecule has 2 unspecified atom stereocenters. The number of nitrogens with two attached hydrogens (primary N) is 1. The van der Waals surface area contributed by atoms with E-state index in [-0.39, 0.29) is 11.8 Å². The summed E-state index contributed by atoms with van der Waals surface area (Å²) >= 11 is 0. The van der Waals surface area contributed by atoms with Gasteiger partial charge in [-0.25, -0.2) is 0 Å². The molecule has 0 saturated carbocycles. The van der Waals surface area contributed by atoms with E-state index in [4.69, 9.17) is 5.73 Å². The molecule has 1 aliphatic heterocycles. The van der Waals surface area contributed by atoms with Gasteiger partial charge in [-0.2, -0.15) is 0 Å². The van der Waals surface area contributed by atoms with Crippen LogP contribution in [0.4, 0.5) is 0 Å². The Bertz CT molecular complexity index is 216. The average Bonchev–Trinajstić information content (AvgIpc) is 2.59. The summed E-state index contributed by atoms with van der Waals surface area (Å²) < 4.78 is 0. The third-order valence-electron chi connectivity index (χ3n) is 3.23. The van der Waals surface area contributed by atoms with E-state index < -0.39 is 0 Å². The van der Waals surface area contributed by atoms with Gasteiger partial charge in [0.15, 0.2) is 0 Å². The third-order valence-corrected chi connectivity index (χ3v) is 3.23. The predicted octanol–water partition coefficient (Wildman–Crippen LogP) is 1.62. The second-order valence-corrected chi connectivity index (χ2v) is 5.09. The molecule has 1 rings (SSSR count). The van der Waals surface area contributed by atoms with Gasteiger partial charge in [-0.3, -0.25) is 4.79 Å². The molecule has 0 aromatic carbocycles. The first-order chi connectivity index (χ1) is 7.06. The van der Waals surface area contributed by atoms with Crippen LogP contribution in [0.25, 0.3) is 0 Å². The van der Waals surface area contributed by atoms with Crippen molar-refractivity contribution in [3.8, 4) is 0 Å². The second kappa shape index (κ2) is 5.50. The maximum atomic E-state index is 12.2. The lowest BCUT2D eigenvalue weighted by atomic mass is 9.95. The van der Waals surface area contributed by atoms with E-state index >= 15 is 0 Å². The number of amides is 1. The molecule has 3 nitrogen and oxygen atoms in total. The topological polar surface area (TPSA) is 46.3 Å². The summed E-state index contributed by atoms with van der Waals surface area (Å²) in [7, 11) is 0. The summed E-state index contributed by atoms with van der Waals surface area (Å²) in [6, 6.07) is 0.415. The van der Waals surface area contributed by atoms with E-state index in [1.807, 2.05) is 4.90 Å². The molecule has 2 N–H and O–H groups in total. The molecule has 1 fully saturated rings. The summed E-state index contributed by atoms with van der Waals surface area (Å²) in [5.41, 5.74) is 5.69. The Morgan fingerprint density at radius 3 is 2.60 bits per heavy atom. The van der Waals surface area contributed by atoms with Crippen molar-refractivity contribution in [1.82, 2.24) is 4.90 Å². The van der Waals surface area contributed by atoms with Crippen molar-refractivity contribution in [2.24, 2.45) is 17.6 Å². The molecule has 15 heavy (non-hydrogen) atoms. The molecule has 0 aromatic heterocycles. The molecule has 0 aromatic rings. The summed E-state index contributed by atoms with van der Waals surface area (Å²) in [5, 5.41) is 0. The number of hydrogen-bond acceptors (Lipinski definition) is 2. The summed E-state index contributed by atoms with van der Waals surface area (Å²) in [6.45, 7) is 7.83. The molecule has 1 amide bonds. The number of rotatable bonds is 4. The van der Waals surface area contributed by atoms with Gasteiger partial charge < -0.3 is 10.6 Å². The van der Waals surface area contributed by atoms with Gasteiger partial charge in [0, 0.05) is 19.1 Å². The van der Waals surface area contributed by atoms with E-state index in [1.165, 1.54) is 0 Å². The fourth-order valence-corrected chi connectivity index (χ4v) is 2.36. The van der Waals surface area contributed by atoms with E-state index in [9.17, 15) is 4.79 Å². The largest absolute Gasteiger partial charge is 0.340 e. The maximum absolute atomic E-state index is 12.2. The predicted molar refractivity (Wildman–Crippen MR) is 62.4 cm³/mol. The van der Waals surface area contributed by atoms with Crippen LogP contribution in [0.3, 0.4) is 0 Å². The Morgan fingerprint density at radius 1 is 1.53 bits per heavy atom. The highest BCUT2D eigenvalue weighted by molar-refractivity contribution is 5.79. The average molecular weight is 212 g/mol. The van der Waals surface area contributed by atoms with Gasteiger partial charge >= 0.3 is 0 Å². The highest BCUT2D eigenvalue weighted by Crippen LogP contribution is 2.21. The Kier molecular flexibility index (Phi) is 4.58. The van der Waals surface area contributed by atoms with Crippen LogP contribution in [0.15, 0.2) is 0 Å². The zero-order valence-electron chi connectivity index (χ0n) is 10.2. The molecule has 0 spiro atoms. The summed E-state index contributed by atoms with van der Waals surface area (Å²) in [5.74, 6) is 0.849. The standard InChI is InChI=1S/C12H24N2O/c1-9(2)7-11(8-13)12(15)14-6-4-5-10(14)3/h9-11H,4-8,13H2,1-3H3. The van der Waals surface area contributed by atoms with Crippen molar-refractivity contribution in [3.63, 3.8) is 0 Å². The Hall–Kier alpha value is -0.570. The molecule has 3 heteroatoms. The van der Waals surface area contributed by atoms with Crippen LogP contribution in [0.2, 0.25) is 0 Å². The first-order valence-corrected chi connectivity index (χ1v) is 6.06. The first kappa shape index (κ1) is 12.5. The Labute approximate surface area is 93.0 Å². The van der Waals surface area contributed by atoms with Gasteiger partial charge in [-0.05, 0) is 32.1 Å². The van der Waals surface area contributed by atoms with Crippen molar-refractivity contribution < 1.29 is 4.79 Å². The fraction of sp³-hybridized carbons (Fsp3) is 0.917. The SMILES string of the molecule is CC(C)CC(CN)C(=O)N1CCCC1C. The van der Waals surface area contributed by atoms with Gasteiger partial charge in [0.25, 0.3) is 0 Å². The molecule has 0 bridgehead atoms. The number of hydrogen-bond donors (Lipinski definition) is 1. The van der Waals surface area contributed by atoms with E-state index in [2.05, 4.69) is 20.8 Å². The molecule has 88 valence electrons. The zero-order chi connectivity index (χ0) is 11.4. The number of carbonyl (C=O) groups is 1. The lowest BCUT2D eigenvalue weighted by Crippen LogP contribution is -2.41. The molecule has 1 heterocycles. The van der Waals surface area contributed by atoms with E-state index in [0.29, 0.717) is 18.5 Å². The third kappa shape index (κ3) is 3.20. The quantitative estimate of drug-likeness (QED) is 0.769. The lowest BCUT2D eigenvalue weighted by Gasteiger charge is -2.27. The maximum Gasteiger partial charge on any atom is 0.227 e. The summed E-state index contributed by atoms with van der Waals surface area (Å²) in [4.78, 5) is 14.2. The van der Waals surface area contributed by atoms with Crippen LogP contribution in [0, 0.1) is 11.8 Å². The van der Waals surface area contributed by atoms with Crippen LogP contribution in [-0.4, -0.2) is 29.9 Å². The van der Waals surface area contributed by atoms with Crippen molar-refractivity contribution in [2.45, 2.75) is 46.1 Å². The van der Waals surface area contributed by atoms with Gasteiger partial charge in [-0.15, -0.1) is 0 Å². The molecular formula is C12H24N2O. The van der Waals surface area contributed by atoms with Gasteiger partial charge in [0.05, 0.1) is 5.92 Å². The molecule has 1 aliphatic rings. The molecule has 2 atom stereocenters. The minimum Gasteiger partial charge on any atom is -0.340 e. The van der Waals surface area contributed by atoms with Crippen molar-refractivity contribution in [1.29, 1.82) is 0 Å². The fourth-order valence-electron chi connectivity index (χ4n) is 2.36. The van der Waals surface area contributed by atoms with Crippen LogP contribution in [0.5, 0.6) is 0 Å². The Balaban J connectivity index is 2.55. The summed E-state index contributed by atoms with van der Waals surface area (Å²) in [6.07, 6.45) is 3.20. The number of carbonyl (C=O) groups excluding carboxylic acids is 1. The highest BCUT2D eigenvalue weighted by Gasteiger charge is 2.30. The van der Waals surface area contributed by atoms with Crippen LogP contribution in [-0.2, 0) is 4.79 Å². The molecule has 0 radical (unpaired) electrons. The molecular weight excluding hydrogens is 188 g/mol. The lowest BCUT2D eigenvalue weighted by molar-refractivity contribution is -0.136. The van der Waals surface area contributed by atoms with Crippen LogP contribution < -0.4 is 5.73 Å². The molecule has 1 saturated heterocycles. The van der Waals surface area contributed by atoms with Crippen molar-refractivity contribution >= 4 is 5.91 Å². The minimum absolute atomic E-state index is 0.0329. The highest BCUT2D eigenvalue weighted by atomic mass is 16.2. The van der Waals surface area contributed by atoms with Crippen LogP contribution >= 0.6 is 0 Å². The zero-order valence-corrected chi connectivity index (χ0v) is 10.2. The van der Waals surface area contributed by atoms with E-state index in [0.717, 1.165) is 25.8 Å². The second-order valence-electron chi connectivity index (χ2n) is 5.09. The monoisotopic (exact) mass is 212 g/mol. The van der Waals surface area contributed by atoms with Gasteiger partial charge in [0.2, 0.25) is 5.91 Å².